The predicted octanol–water partition coefficient (Wildman–Crippen LogP) is 0.834. The van der Waals surface area contributed by atoms with Crippen molar-refractivity contribution in [1.29, 1.82) is 0 Å². The highest BCUT2D eigenvalue weighted by molar-refractivity contribution is 6.11. The lowest BCUT2D eigenvalue weighted by Crippen LogP contribution is -2.51. The van der Waals surface area contributed by atoms with Crippen molar-refractivity contribution in [3.63, 3.8) is 0 Å². The predicted molar refractivity (Wildman–Crippen MR) is 59.8 cm³/mol. The van der Waals surface area contributed by atoms with Crippen molar-refractivity contribution in [2.24, 2.45) is 0 Å². The molecule has 1 aliphatic heterocycles. The molecule has 2 heterocycles. The highest BCUT2D eigenvalue weighted by Crippen LogP contribution is 2.23. The molecule has 1 atom stereocenters. The van der Waals surface area contributed by atoms with Crippen LogP contribution in [0.2, 0.25) is 0 Å². The Morgan fingerprint density at radius 1 is 1.61 bits per heavy atom. The van der Waals surface area contributed by atoms with E-state index in [1.165, 1.54) is 18.4 Å². The van der Waals surface area contributed by atoms with Crippen LogP contribution < -0.4 is 0 Å². The minimum atomic E-state index is -1.23. The lowest BCUT2D eigenvalue weighted by atomic mass is 10.0. The van der Waals surface area contributed by atoms with Gasteiger partial charge in [-0.1, -0.05) is 6.08 Å². The van der Waals surface area contributed by atoms with Gasteiger partial charge in [-0.15, -0.1) is 6.58 Å². The molecule has 0 spiro atoms. The van der Waals surface area contributed by atoms with E-state index in [4.69, 9.17) is 9.52 Å². The van der Waals surface area contributed by atoms with Crippen molar-refractivity contribution in [1.82, 2.24) is 4.90 Å². The topological polar surface area (TPSA) is 87.8 Å². The van der Waals surface area contributed by atoms with E-state index >= 15 is 0 Å². The summed E-state index contributed by atoms with van der Waals surface area (Å²) in [5, 5.41) is 9.07. The molecule has 1 aromatic heterocycles. The zero-order valence-corrected chi connectivity index (χ0v) is 9.46. The van der Waals surface area contributed by atoms with Crippen molar-refractivity contribution < 1.29 is 23.9 Å². The van der Waals surface area contributed by atoms with Gasteiger partial charge >= 0.3 is 5.97 Å². The quantitative estimate of drug-likeness (QED) is 0.630. The van der Waals surface area contributed by atoms with Gasteiger partial charge in [-0.2, -0.15) is 0 Å². The summed E-state index contributed by atoms with van der Waals surface area (Å²) in [5.74, 6) is -2.16. The van der Waals surface area contributed by atoms with Crippen LogP contribution in [-0.4, -0.2) is 33.8 Å². The number of furan rings is 1. The fraction of sp³-hybridized carbons (Fsp3) is 0.250. The van der Waals surface area contributed by atoms with E-state index in [9.17, 15) is 14.4 Å². The average molecular weight is 249 g/mol. The van der Waals surface area contributed by atoms with E-state index in [-0.39, 0.29) is 24.2 Å². The van der Waals surface area contributed by atoms with E-state index in [0.29, 0.717) is 0 Å². The highest BCUT2D eigenvalue weighted by atomic mass is 16.4. The summed E-state index contributed by atoms with van der Waals surface area (Å²) in [5.41, 5.74) is 0.241. The number of rotatable bonds is 4. The number of nitrogens with zero attached hydrogens (tertiary/aromatic N) is 1. The maximum Gasteiger partial charge on any atom is 0.327 e. The largest absolute Gasteiger partial charge is 0.480 e. The second-order valence-electron chi connectivity index (χ2n) is 3.88. The van der Waals surface area contributed by atoms with Crippen molar-refractivity contribution in [2.75, 3.05) is 0 Å². The molecule has 94 valence electrons. The Morgan fingerprint density at radius 3 is 2.94 bits per heavy atom. The Labute approximate surface area is 102 Å². The summed E-state index contributed by atoms with van der Waals surface area (Å²) >= 11 is 0. The maximum absolute atomic E-state index is 12.1. The Bertz CT molecular complexity index is 530. The molecule has 6 heteroatoms. The number of amides is 2. The van der Waals surface area contributed by atoms with E-state index in [1.807, 2.05) is 0 Å². The molecule has 0 saturated carbocycles. The molecular weight excluding hydrogens is 238 g/mol. The molecular formula is C12H11NO5. The van der Waals surface area contributed by atoms with Gasteiger partial charge in [0.25, 0.3) is 5.91 Å². The minimum absolute atomic E-state index is 0.0139. The van der Waals surface area contributed by atoms with Crippen molar-refractivity contribution in [2.45, 2.75) is 18.9 Å². The number of carbonyl (C=O) groups excluding carboxylic acids is 2. The fourth-order valence-corrected chi connectivity index (χ4v) is 1.92. The van der Waals surface area contributed by atoms with Crippen LogP contribution in [-0.2, 0) is 16.0 Å². The lowest BCUT2D eigenvalue weighted by Gasteiger charge is -2.29. The first-order valence-corrected chi connectivity index (χ1v) is 5.32. The first-order valence-electron chi connectivity index (χ1n) is 5.32. The van der Waals surface area contributed by atoms with Crippen LogP contribution in [0.4, 0.5) is 0 Å². The van der Waals surface area contributed by atoms with E-state index in [2.05, 4.69) is 6.58 Å². The van der Waals surface area contributed by atoms with Gasteiger partial charge in [0, 0.05) is 0 Å². The summed E-state index contributed by atoms with van der Waals surface area (Å²) in [4.78, 5) is 35.8. The normalized spacial score (nSPS) is 16.3. The van der Waals surface area contributed by atoms with Crippen LogP contribution in [0.15, 0.2) is 29.4 Å². The number of carboxylic acids is 1. The number of carbonyl (C=O) groups is 3. The first kappa shape index (κ1) is 12.1. The molecule has 2 amide bonds. The Hall–Kier alpha value is -2.37. The minimum Gasteiger partial charge on any atom is -0.480 e. The summed E-state index contributed by atoms with van der Waals surface area (Å²) in [7, 11) is 0. The van der Waals surface area contributed by atoms with Crippen LogP contribution in [0.1, 0.15) is 22.5 Å². The molecule has 2 rings (SSSR count). The summed E-state index contributed by atoms with van der Waals surface area (Å²) < 4.78 is 5.01. The summed E-state index contributed by atoms with van der Waals surface area (Å²) in [6.45, 7) is 3.43. The number of aliphatic carboxylic acids is 1. The monoisotopic (exact) mass is 249 g/mol. The van der Waals surface area contributed by atoms with Crippen LogP contribution in [0.3, 0.4) is 0 Å². The van der Waals surface area contributed by atoms with Crippen molar-refractivity contribution in [3.8, 4) is 0 Å². The third kappa shape index (κ3) is 1.81. The van der Waals surface area contributed by atoms with Gasteiger partial charge in [0.1, 0.15) is 11.8 Å². The molecule has 0 fully saturated rings. The van der Waals surface area contributed by atoms with Gasteiger partial charge in [0.05, 0.1) is 18.2 Å². The lowest BCUT2D eigenvalue weighted by molar-refractivity contribution is -0.148. The standard InChI is InChI=1S/C12H11NO5/c1-2-3-8(12(16)17)13-10(14)6-9-7(11(13)15)4-5-18-9/h2,4-5,8H,1,3,6H2,(H,16,17). The third-order valence-corrected chi connectivity index (χ3v) is 2.76. The molecule has 18 heavy (non-hydrogen) atoms. The maximum atomic E-state index is 12.1. The van der Waals surface area contributed by atoms with Gasteiger partial charge in [-0.3, -0.25) is 14.5 Å². The first-order chi connectivity index (χ1) is 8.56. The van der Waals surface area contributed by atoms with Gasteiger partial charge in [-0.05, 0) is 12.5 Å². The van der Waals surface area contributed by atoms with Crippen LogP contribution >= 0.6 is 0 Å². The molecule has 0 aromatic carbocycles. The zero-order valence-electron chi connectivity index (χ0n) is 9.46. The second-order valence-corrected chi connectivity index (χ2v) is 3.88. The van der Waals surface area contributed by atoms with Gasteiger partial charge in [0.15, 0.2) is 0 Å². The van der Waals surface area contributed by atoms with E-state index in [1.54, 1.807) is 0 Å². The molecule has 1 N–H and O–H groups in total. The number of fused-ring (bicyclic) bond motifs is 1. The fourth-order valence-electron chi connectivity index (χ4n) is 1.92. The smallest absolute Gasteiger partial charge is 0.327 e. The molecule has 6 nitrogen and oxygen atoms in total. The molecule has 0 saturated heterocycles. The second kappa shape index (κ2) is 4.48. The van der Waals surface area contributed by atoms with E-state index < -0.39 is 23.8 Å². The Morgan fingerprint density at radius 2 is 2.33 bits per heavy atom. The highest BCUT2D eigenvalue weighted by Gasteiger charge is 2.40. The SMILES string of the molecule is C=CCC(C(=O)O)N1C(=O)Cc2occc2C1=O. The number of hydrogen-bond donors (Lipinski definition) is 1. The number of hydrogen-bond acceptors (Lipinski definition) is 4. The van der Waals surface area contributed by atoms with Crippen molar-refractivity contribution >= 4 is 17.8 Å². The number of imide groups is 1. The molecule has 1 unspecified atom stereocenters. The van der Waals surface area contributed by atoms with Gasteiger partial charge in [-0.25, -0.2) is 4.79 Å². The van der Waals surface area contributed by atoms with Gasteiger partial charge < -0.3 is 9.52 Å². The molecule has 0 radical (unpaired) electrons. The average Bonchev–Trinajstić information content (AvgIpc) is 2.75. The molecule has 0 bridgehead atoms. The van der Waals surface area contributed by atoms with Gasteiger partial charge in [0.2, 0.25) is 5.91 Å². The third-order valence-electron chi connectivity index (χ3n) is 2.76. The summed E-state index contributed by atoms with van der Waals surface area (Å²) in [6, 6.07) is 0.217. The molecule has 1 aliphatic rings. The Kier molecular flexibility index (Phi) is 3.01. The molecule has 0 aliphatic carbocycles. The van der Waals surface area contributed by atoms with Crippen LogP contribution in [0.25, 0.3) is 0 Å². The Balaban J connectivity index is 2.39. The van der Waals surface area contributed by atoms with Crippen LogP contribution in [0.5, 0.6) is 0 Å². The number of carboxylic acid groups (broad SMARTS) is 1. The van der Waals surface area contributed by atoms with Crippen LogP contribution in [0, 0.1) is 0 Å². The van der Waals surface area contributed by atoms with Crippen molar-refractivity contribution in [3.05, 3.63) is 36.3 Å². The summed E-state index contributed by atoms with van der Waals surface area (Å²) in [6.07, 6.45) is 2.59. The zero-order chi connectivity index (χ0) is 13.3. The van der Waals surface area contributed by atoms with E-state index in [0.717, 1.165) is 4.90 Å². The molecule has 1 aromatic rings.